The Morgan fingerprint density at radius 3 is 2.71 bits per heavy atom. The lowest BCUT2D eigenvalue weighted by Gasteiger charge is -2.25. The second kappa shape index (κ2) is 7.87. The second-order valence-corrected chi connectivity index (χ2v) is 5.62. The minimum absolute atomic E-state index is 0.0301. The van der Waals surface area contributed by atoms with Crippen LogP contribution in [0.25, 0.3) is 0 Å². The van der Waals surface area contributed by atoms with Crippen molar-refractivity contribution in [3.63, 3.8) is 0 Å². The number of rotatable bonds is 6. The Bertz CT molecular complexity index is 525. The maximum atomic E-state index is 13.7. The van der Waals surface area contributed by atoms with Gasteiger partial charge in [0, 0.05) is 13.1 Å². The Balaban J connectivity index is 2.86. The van der Waals surface area contributed by atoms with E-state index >= 15 is 0 Å². The van der Waals surface area contributed by atoms with E-state index in [9.17, 15) is 14.0 Å². The van der Waals surface area contributed by atoms with Crippen molar-refractivity contribution in [2.45, 2.75) is 19.4 Å². The Hall–Kier alpha value is -1.76. The van der Waals surface area contributed by atoms with Crippen LogP contribution >= 0.6 is 11.8 Å². The molecule has 1 aromatic carbocycles. The summed E-state index contributed by atoms with van der Waals surface area (Å²) in [6.07, 6.45) is 2.78. The van der Waals surface area contributed by atoms with Gasteiger partial charge in [-0.05, 0) is 37.5 Å². The number of urea groups is 1. The molecule has 0 aliphatic rings. The van der Waals surface area contributed by atoms with Crippen molar-refractivity contribution in [2.75, 3.05) is 24.4 Å². The molecule has 1 atom stereocenters. The zero-order valence-electron chi connectivity index (χ0n) is 12.2. The Labute approximate surface area is 127 Å². The number of amides is 2. The molecular formula is C14H19FN2O3S. The number of para-hydroxylation sites is 1. The fraction of sp³-hybridized carbons (Fsp3) is 0.429. The Morgan fingerprint density at radius 2 is 2.14 bits per heavy atom. The fourth-order valence-corrected chi connectivity index (χ4v) is 2.28. The summed E-state index contributed by atoms with van der Waals surface area (Å²) in [7, 11) is 1.60. The van der Waals surface area contributed by atoms with Crippen molar-refractivity contribution in [2.24, 2.45) is 0 Å². The number of hydrogen-bond acceptors (Lipinski definition) is 3. The number of aromatic carboxylic acids is 1. The number of carboxylic acids is 1. The van der Waals surface area contributed by atoms with Gasteiger partial charge in [-0.3, -0.25) is 0 Å². The molecule has 0 radical (unpaired) electrons. The van der Waals surface area contributed by atoms with Crippen molar-refractivity contribution in [3.05, 3.63) is 29.6 Å². The van der Waals surface area contributed by atoms with E-state index in [1.165, 1.54) is 17.0 Å². The largest absolute Gasteiger partial charge is 0.478 e. The smallest absolute Gasteiger partial charge is 0.337 e. The van der Waals surface area contributed by atoms with E-state index in [1.54, 1.807) is 18.8 Å². The van der Waals surface area contributed by atoms with Crippen LogP contribution in [-0.4, -0.2) is 47.1 Å². The molecule has 1 aromatic rings. The van der Waals surface area contributed by atoms with Crippen molar-refractivity contribution in [1.82, 2.24) is 4.90 Å². The van der Waals surface area contributed by atoms with Gasteiger partial charge >= 0.3 is 12.0 Å². The first kappa shape index (κ1) is 17.3. The SMILES string of the molecule is CSCCC(C)N(C)C(=O)Nc1c(F)cccc1C(=O)O. The zero-order chi connectivity index (χ0) is 16.0. The van der Waals surface area contributed by atoms with Gasteiger partial charge < -0.3 is 15.3 Å². The lowest BCUT2D eigenvalue weighted by Crippen LogP contribution is -2.39. The predicted molar refractivity (Wildman–Crippen MR) is 82.6 cm³/mol. The van der Waals surface area contributed by atoms with Crippen LogP contribution in [0.4, 0.5) is 14.9 Å². The van der Waals surface area contributed by atoms with Crippen LogP contribution in [0.3, 0.4) is 0 Å². The first-order valence-electron chi connectivity index (χ1n) is 6.43. The third-order valence-electron chi connectivity index (χ3n) is 3.20. The van der Waals surface area contributed by atoms with E-state index in [0.717, 1.165) is 18.2 Å². The molecule has 0 heterocycles. The van der Waals surface area contributed by atoms with E-state index in [4.69, 9.17) is 5.11 Å². The van der Waals surface area contributed by atoms with Gasteiger partial charge in [-0.2, -0.15) is 11.8 Å². The Kier molecular flexibility index (Phi) is 6.48. The van der Waals surface area contributed by atoms with Crippen LogP contribution in [0, 0.1) is 5.82 Å². The minimum atomic E-state index is -1.29. The number of carbonyl (C=O) groups is 2. The van der Waals surface area contributed by atoms with Gasteiger partial charge in [0.05, 0.1) is 11.3 Å². The third kappa shape index (κ3) is 4.63. The molecule has 21 heavy (non-hydrogen) atoms. The molecule has 0 aliphatic carbocycles. The first-order valence-corrected chi connectivity index (χ1v) is 7.82. The average molecular weight is 314 g/mol. The van der Waals surface area contributed by atoms with Gasteiger partial charge in [0.1, 0.15) is 5.82 Å². The van der Waals surface area contributed by atoms with Crippen LogP contribution in [-0.2, 0) is 0 Å². The number of carbonyl (C=O) groups excluding carboxylic acids is 1. The molecule has 0 saturated carbocycles. The number of nitrogens with one attached hydrogen (secondary N) is 1. The predicted octanol–water partition coefficient (Wildman–Crippen LogP) is 3.13. The average Bonchev–Trinajstić information content (AvgIpc) is 2.45. The van der Waals surface area contributed by atoms with E-state index in [1.807, 2.05) is 13.2 Å². The molecule has 2 amide bonds. The monoisotopic (exact) mass is 314 g/mol. The molecule has 5 nitrogen and oxygen atoms in total. The Morgan fingerprint density at radius 1 is 1.48 bits per heavy atom. The van der Waals surface area contributed by atoms with Crippen LogP contribution < -0.4 is 5.32 Å². The van der Waals surface area contributed by atoms with Gasteiger partial charge in [0.15, 0.2) is 0 Å². The highest BCUT2D eigenvalue weighted by Gasteiger charge is 2.20. The molecule has 7 heteroatoms. The van der Waals surface area contributed by atoms with Crippen LogP contribution in [0.1, 0.15) is 23.7 Å². The summed E-state index contributed by atoms with van der Waals surface area (Å²) in [4.78, 5) is 24.6. The number of nitrogens with zero attached hydrogens (tertiary/aromatic N) is 1. The topological polar surface area (TPSA) is 69.6 Å². The number of benzene rings is 1. The quantitative estimate of drug-likeness (QED) is 0.846. The highest BCUT2D eigenvalue weighted by Crippen LogP contribution is 2.20. The normalized spacial score (nSPS) is 11.8. The molecule has 1 unspecified atom stereocenters. The first-order chi connectivity index (χ1) is 9.88. The lowest BCUT2D eigenvalue weighted by atomic mass is 10.1. The van der Waals surface area contributed by atoms with Crippen molar-refractivity contribution < 1.29 is 19.1 Å². The van der Waals surface area contributed by atoms with Gasteiger partial charge in [-0.15, -0.1) is 0 Å². The van der Waals surface area contributed by atoms with E-state index in [0.29, 0.717) is 0 Å². The molecular weight excluding hydrogens is 295 g/mol. The molecule has 0 fully saturated rings. The summed E-state index contributed by atoms with van der Waals surface area (Å²) < 4.78 is 13.7. The number of anilines is 1. The number of hydrogen-bond donors (Lipinski definition) is 2. The van der Waals surface area contributed by atoms with Gasteiger partial charge in [-0.25, -0.2) is 14.0 Å². The van der Waals surface area contributed by atoms with Gasteiger partial charge in [0.2, 0.25) is 0 Å². The number of halogens is 1. The highest BCUT2D eigenvalue weighted by atomic mass is 32.2. The van der Waals surface area contributed by atoms with Crippen LogP contribution in [0.2, 0.25) is 0 Å². The molecule has 0 spiro atoms. The third-order valence-corrected chi connectivity index (χ3v) is 3.84. The highest BCUT2D eigenvalue weighted by molar-refractivity contribution is 7.98. The van der Waals surface area contributed by atoms with E-state index in [-0.39, 0.29) is 17.3 Å². The number of thioether (sulfide) groups is 1. The lowest BCUT2D eigenvalue weighted by molar-refractivity contribution is 0.0697. The van der Waals surface area contributed by atoms with Crippen LogP contribution in [0.5, 0.6) is 0 Å². The minimum Gasteiger partial charge on any atom is -0.478 e. The molecule has 0 bridgehead atoms. The zero-order valence-corrected chi connectivity index (χ0v) is 13.0. The van der Waals surface area contributed by atoms with Crippen molar-refractivity contribution in [3.8, 4) is 0 Å². The van der Waals surface area contributed by atoms with Crippen LogP contribution in [0.15, 0.2) is 18.2 Å². The summed E-state index contributed by atoms with van der Waals surface area (Å²) in [5, 5.41) is 11.4. The summed E-state index contributed by atoms with van der Waals surface area (Å²) >= 11 is 1.68. The summed E-state index contributed by atoms with van der Waals surface area (Å²) in [6, 6.07) is 3.09. The molecule has 2 N–H and O–H groups in total. The number of carboxylic acid groups (broad SMARTS) is 1. The van der Waals surface area contributed by atoms with E-state index < -0.39 is 17.8 Å². The molecule has 0 saturated heterocycles. The van der Waals surface area contributed by atoms with Crippen molar-refractivity contribution >= 4 is 29.4 Å². The maximum absolute atomic E-state index is 13.7. The molecule has 0 aliphatic heterocycles. The summed E-state index contributed by atoms with van der Waals surface area (Å²) in [6.45, 7) is 1.88. The standard InChI is InChI=1S/C14H19FN2O3S/c1-9(7-8-21-3)17(2)14(20)16-12-10(13(18)19)5-4-6-11(12)15/h4-6,9H,7-8H2,1-3H3,(H,16,20)(H,18,19). The summed E-state index contributed by atoms with van der Waals surface area (Å²) in [5.74, 6) is -1.16. The van der Waals surface area contributed by atoms with Gasteiger partial charge in [0.25, 0.3) is 0 Å². The summed E-state index contributed by atoms with van der Waals surface area (Å²) in [5.41, 5.74) is -0.576. The maximum Gasteiger partial charge on any atom is 0.337 e. The second-order valence-electron chi connectivity index (χ2n) is 4.64. The fourth-order valence-electron chi connectivity index (χ4n) is 1.71. The molecule has 0 aromatic heterocycles. The van der Waals surface area contributed by atoms with E-state index in [2.05, 4.69) is 5.32 Å². The van der Waals surface area contributed by atoms with Crippen molar-refractivity contribution in [1.29, 1.82) is 0 Å². The molecule has 1 rings (SSSR count). The van der Waals surface area contributed by atoms with Gasteiger partial charge in [-0.1, -0.05) is 6.07 Å². The molecule has 116 valence electrons.